The third-order valence-electron chi connectivity index (χ3n) is 3.62. The van der Waals surface area contributed by atoms with Crippen LogP contribution in [0.15, 0.2) is 54.6 Å². The number of nitrogens with zero attached hydrogens (tertiary/aromatic N) is 1. The summed E-state index contributed by atoms with van der Waals surface area (Å²) in [5.74, 6) is -1.60. The molecule has 0 spiro atoms. The van der Waals surface area contributed by atoms with Crippen LogP contribution in [0.5, 0.6) is 0 Å². The van der Waals surface area contributed by atoms with Crippen LogP contribution in [-0.2, 0) is 16.1 Å². The minimum Gasteiger partial charge on any atom is -0.395 e. The summed E-state index contributed by atoms with van der Waals surface area (Å²) in [6.45, 7) is 1.51. The fraction of sp³-hybridized carbons (Fsp3) is 0.211. The second-order valence-corrected chi connectivity index (χ2v) is 5.52. The number of nitrogens with one attached hydrogen (secondary N) is 1. The van der Waals surface area contributed by atoms with E-state index < -0.39 is 11.8 Å². The van der Waals surface area contributed by atoms with E-state index >= 15 is 0 Å². The van der Waals surface area contributed by atoms with Gasteiger partial charge in [-0.05, 0) is 36.8 Å². The molecule has 2 N–H and O–H groups in total. The van der Waals surface area contributed by atoms with Gasteiger partial charge in [-0.15, -0.1) is 0 Å². The molecule has 6 heteroatoms. The number of aliphatic hydroxyl groups excluding tert-OH is 1. The summed E-state index contributed by atoms with van der Waals surface area (Å²) in [5.41, 5.74) is 1.81. The number of Topliss-reactive ketones (excluding diaryl/α,β-unsaturated/α-hetero) is 1. The minimum absolute atomic E-state index is 0.0599. The Balaban J connectivity index is 2.04. The molecule has 2 rings (SSSR count). The van der Waals surface area contributed by atoms with E-state index in [-0.39, 0.29) is 25.5 Å². The van der Waals surface area contributed by atoms with Crippen molar-refractivity contribution in [3.05, 3.63) is 65.7 Å². The summed E-state index contributed by atoms with van der Waals surface area (Å²) < 4.78 is 0. The molecule has 0 aliphatic carbocycles. The Kier molecular flexibility index (Phi) is 6.42. The van der Waals surface area contributed by atoms with Crippen LogP contribution in [0.4, 0.5) is 5.69 Å². The molecule has 0 heterocycles. The number of hydrogen-bond acceptors (Lipinski definition) is 4. The van der Waals surface area contributed by atoms with Gasteiger partial charge in [0.1, 0.15) is 0 Å². The first-order valence-electron chi connectivity index (χ1n) is 7.87. The lowest BCUT2D eigenvalue weighted by molar-refractivity contribution is -0.143. The molecule has 6 nitrogen and oxygen atoms in total. The first-order valence-corrected chi connectivity index (χ1v) is 7.87. The van der Waals surface area contributed by atoms with Crippen LogP contribution in [0.2, 0.25) is 0 Å². The second kappa shape index (κ2) is 8.75. The summed E-state index contributed by atoms with van der Waals surface area (Å²) in [4.78, 5) is 37.1. The van der Waals surface area contributed by atoms with E-state index in [4.69, 9.17) is 5.11 Å². The standard InChI is InChI=1S/C19H20N2O4/c1-14(23)16-7-9-17(10-8-16)20-18(24)19(25)21(11-12-22)13-15-5-3-2-4-6-15/h2-10,22H,11-13H2,1H3,(H,20,24). The van der Waals surface area contributed by atoms with E-state index in [0.717, 1.165) is 5.56 Å². The van der Waals surface area contributed by atoms with E-state index in [1.807, 2.05) is 30.3 Å². The zero-order valence-corrected chi connectivity index (χ0v) is 13.9. The summed E-state index contributed by atoms with van der Waals surface area (Å²) >= 11 is 0. The molecular weight excluding hydrogens is 320 g/mol. The highest BCUT2D eigenvalue weighted by molar-refractivity contribution is 6.39. The Hall–Kier alpha value is -2.99. The molecule has 0 fully saturated rings. The molecule has 0 aliphatic rings. The lowest BCUT2D eigenvalue weighted by Gasteiger charge is -2.21. The number of anilines is 1. The van der Waals surface area contributed by atoms with E-state index in [1.165, 1.54) is 11.8 Å². The molecule has 25 heavy (non-hydrogen) atoms. The molecule has 0 bridgehead atoms. The average Bonchev–Trinajstić information content (AvgIpc) is 2.62. The molecule has 0 saturated heterocycles. The normalized spacial score (nSPS) is 10.2. The number of carbonyl (C=O) groups is 3. The number of benzene rings is 2. The van der Waals surface area contributed by atoms with Crippen LogP contribution >= 0.6 is 0 Å². The van der Waals surface area contributed by atoms with Gasteiger partial charge in [0.05, 0.1) is 6.61 Å². The SMILES string of the molecule is CC(=O)c1ccc(NC(=O)C(=O)N(CCO)Cc2ccccc2)cc1. The quantitative estimate of drug-likeness (QED) is 0.621. The molecule has 2 amide bonds. The maximum absolute atomic E-state index is 12.4. The number of hydrogen-bond donors (Lipinski definition) is 2. The largest absolute Gasteiger partial charge is 0.395 e. The number of aliphatic hydroxyl groups is 1. The van der Waals surface area contributed by atoms with Crippen molar-refractivity contribution in [1.82, 2.24) is 4.90 Å². The lowest BCUT2D eigenvalue weighted by Crippen LogP contribution is -2.40. The van der Waals surface area contributed by atoms with Crippen molar-refractivity contribution in [3.63, 3.8) is 0 Å². The molecule has 130 valence electrons. The van der Waals surface area contributed by atoms with Gasteiger partial charge in [0, 0.05) is 24.3 Å². The molecular formula is C19H20N2O4. The van der Waals surface area contributed by atoms with Gasteiger partial charge in [0.25, 0.3) is 0 Å². The predicted octanol–water partition coefficient (Wildman–Crippen LogP) is 1.85. The lowest BCUT2D eigenvalue weighted by atomic mass is 10.1. The molecule has 2 aromatic rings. The molecule has 0 saturated carbocycles. The molecule has 0 unspecified atom stereocenters. The summed E-state index contributed by atoms with van der Waals surface area (Å²) in [7, 11) is 0. The minimum atomic E-state index is -0.792. The summed E-state index contributed by atoms with van der Waals surface area (Å²) in [6, 6.07) is 15.5. The molecule has 0 radical (unpaired) electrons. The molecule has 0 aliphatic heterocycles. The topological polar surface area (TPSA) is 86.7 Å². The van der Waals surface area contributed by atoms with Gasteiger partial charge in [-0.3, -0.25) is 14.4 Å². The number of amides is 2. The highest BCUT2D eigenvalue weighted by atomic mass is 16.3. The van der Waals surface area contributed by atoms with Crippen molar-refractivity contribution in [2.75, 3.05) is 18.5 Å². The van der Waals surface area contributed by atoms with Crippen LogP contribution in [0.1, 0.15) is 22.8 Å². The van der Waals surface area contributed by atoms with Crippen LogP contribution in [0.25, 0.3) is 0 Å². The van der Waals surface area contributed by atoms with Crippen molar-refractivity contribution >= 4 is 23.3 Å². The van der Waals surface area contributed by atoms with E-state index in [1.54, 1.807) is 24.3 Å². The Morgan fingerprint density at radius 3 is 2.20 bits per heavy atom. The number of carbonyl (C=O) groups excluding carboxylic acids is 3. The van der Waals surface area contributed by atoms with Crippen molar-refractivity contribution in [3.8, 4) is 0 Å². The molecule has 2 aromatic carbocycles. The van der Waals surface area contributed by atoms with Gasteiger partial charge in [-0.1, -0.05) is 30.3 Å². The van der Waals surface area contributed by atoms with Gasteiger partial charge in [0.2, 0.25) is 0 Å². The van der Waals surface area contributed by atoms with Gasteiger partial charge in [-0.25, -0.2) is 0 Å². The first kappa shape index (κ1) is 18.4. The second-order valence-electron chi connectivity index (χ2n) is 5.52. The van der Waals surface area contributed by atoms with E-state index in [0.29, 0.717) is 11.3 Å². The Morgan fingerprint density at radius 2 is 1.64 bits per heavy atom. The smallest absolute Gasteiger partial charge is 0.313 e. The van der Waals surface area contributed by atoms with Crippen molar-refractivity contribution in [2.24, 2.45) is 0 Å². The predicted molar refractivity (Wildman–Crippen MR) is 94.0 cm³/mol. The fourth-order valence-electron chi connectivity index (χ4n) is 2.29. The highest BCUT2D eigenvalue weighted by Crippen LogP contribution is 2.11. The third-order valence-corrected chi connectivity index (χ3v) is 3.62. The van der Waals surface area contributed by atoms with Gasteiger partial charge >= 0.3 is 11.8 Å². The van der Waals surface area contributed by atoms with Gasteiger partial charge < -0.3 is 15.3 Å². The Bertz CT molecular complexity index is 742. The Morgan fingerprint density at radius 1 is 1.00 bits per heavy atom. The fourth-order valence-corrected chi connectivity index (χ4v) is 2.29. The maximum atomic E-state index is 12.4. The number of rotatable bonds is 6. The van der Waals surface area contributed by atoms with Crippen LogP contribution < -0.4 is 5.32 Å². The average molecular weight is 340 g/mol. The van der Waals surface area contributed by atoms with Gasteiger partial charge in [0.15, 0.2) is 5.78 Å². The monoisotopic (exact) mass is 340 g/mol. The van der Waals surface area contributed by atoms with E-state index in [9.17, 15) is 14.4 Å². The third kappa shape index (κ3) is 5.26. The molecule has 0 aromatic heterocycles. The number of ketones is 1. The summed E-state index contributed by atoms with van der Waals surface area (Å²) in [5, 5.41) is 11.7. The van der Waals surface area contributed by atoms with E-state index in [2.05, 4.69) is 5.32 Å². The molecule has 0 atom stereocenters. The Labute approximate surface area is 146 Å². The summed E-state index contributed by atoms with van der Waals surface area (Å²) in [6.07, 6.45) is 0. The van der Waals surface area contributed by atoms with Crippen LogP contribution in [-0.4, -0.2) is 40.8 Å². The van der Waals surface area contributed by atoms with Gasteiger partial charge in [-0.2, -0.15) is 0 Å². The maximum Gasteiger partial charge on any atom is 0.313 e. The van der Waals surface area contributed by atoms with Crippen molar-refractivity contribution in [2.45, 2.75) is 13.5 Å². The zero-order chi connectivity index (χ0) is 18.2. The first-order chi connectivity index (χ1) is 12.0. The van der Waals surface area contributed by atoms with Crippen LogP contribution in [0.3, 0.4) is 0 Å². The van der Waals surface area contributed by atoms with Crippen molar-refractivity contribution in [1.29, 1.82) is 0 Å². The highest BCUT2D eigenvalue weighted by Gasteiger charge is 2.21. The van der Waals surface area contributed by atoms with Crippen LogP contribution in [0, 0.1) is 0 Å². The zero-order valence-electron chi connectivity index (χ0n) is 13.9. The van der Waals surface area contributed by atoms with Crippen molar-refractivity contribution < 1.29 is 19.5 Å².